The van der Waals surface area contributed by atoms with Gasteiger partial charge in [0, 0.05) is 61.3 Å². The van der Waals surface area contributed by atoms with Crippen LogP contribution in [0.4, 0.5) is 0 Å². The predicted octanol–water partition coefficient (Wildman–Crippen LogP) is 2.54. The maximum atomic E-state index is 11.3. The number of aromatic carboxylic acids is 1. The molecular weight excluding hydrogens is 630 g/mol. The Bertz CT molecular complexity index is 1940. The smallest absolute Gasteiger partial charge is 0.374 e. The van der Waals surface area contributed by atoms with Crippen molar-refractivity contribution in [3.05, 3.63) is 109 Å². The van der Waals surface area contributed by atoms with Crippen molar-refractivity contribution in [2.45, 2.75) is 5.08 Å². The zero-order valence-electron chi connectivity index (χ0n) is 21.4. The van der Waals surface area contributed by atoms with Crippen LogP contribution in [0.1, 0.15) is 26.3 Å². The summed E-state index contributed by atoms with van der Waals surface area (Å²) in [5.74, 6) is -0.925. The summed E-state index contributed by atoms with van der Waals surface area (Å²) in [4.78, 5) is 69.5. The van der Waals surface area contributed by atoms with Crippen molar-refractivity contribution in [3.63, 3.8) is 0 Å². The fourth-order valence-electron chi connectivity index (χ4n) is 3.71. The van der Waals surface area contributed by atoms with E-state index in [0.717, 1.165) is 23.6 Å². The summed E-state index contributed by atoms with van der Waals surface area (Å²) in [6, 6.07) is 8.87. The van der Waals surface area contributed by atoms with Crippen LogP contribution in [-0.4, -0.2) is 69.2 Å². The molecule has 6 rings (SSSR count). The third-order valence-electron chi connectivity index (χ3n) is 5.84. The van der Waals surface area contributed by atoms with Crippen molar-refractivity contribution >= 4 is 54.9 Å². The van der Waals surface area contributed by atoms with E-state index in [1.54, 1.807) is 58.0 Å². The molecule has 0 aliphatic carbocycles. The molecule has 0 aromatic carbocycles. The molecule has 0 spiro atoms. The molecule has 6 aromatic heterocycles. The van der Waals surface area contributed by atoms with Crippen molar-refractivity contribution in [1.82, 2.24) is 28.2 Å². The highest BCUT2D eigenvalue weighted by Crippen LogP contribution is 2.72. The Morgan fingerprint density at radius 3 is 1.49 bits per heavy atom. The van der Waals surface area contributed by atoms with Crippen LogP contribution in [0.3, 0.4) is 0 Å². The van der Waals surface area contributed by atoms with Crippen molar-refractivity contribution in [2.24, 2.45) is 0 Å². The maximum absolute atomic E-state index is 11.3. The molecule has 0 saturated carbocycles. The summed E-state index contributed by atoms with van der Waals surface area (Å²) in [5.41, 5.74) is 2.08. The number of carbonyl (C=O) groups is 2. The number of carboxylic acid groups (broad SMARTS) is 1. The number of halogens is 1. The molecule has 43 heavy (non-hydrogen) atoms. The van der Waals surface area contributed by atoms with E-state index in [1.807, 2.05) is 0 Å². The number of carbonyl (C=O) groups excluding carboxylic acids is 1. The number of rotatable bonds is 5. The van der Waals surface area contributed by atoms with Crippen LogP contribution in [-0.2, 0) is 14.2 Å². The number of aliphatic hydroxyl groups is 1. The Balaban J connectivity index is 0.000000154. The molecule has 19 heteroatoms. The normalized spacial score (nSPS) is 12.0. The van der Waals surface area contributed by atoms with Crippen molar-refractivity contribution < 1.29 is 48.5 Å². The van der Waals surface area contributed by atoms with Crippen LogP contribution >= 0.6 is 26.8 Å². The number of pyridine rings is 3. The molecule has 0 aliphatic heterocycles. The van der Waals surface area contributed by atoms with Gasteiger partial charge >= 0.3 is 21.2 Å². The second kappa shape index (κ2) is 12.2. The van der Waals surface area contributed by atoms with Crippen molar-refractivity contribution in [3.8, 4) is 0 Å². The molecule has 0 bridgehead atoms. The van der Waals surface area contributed by atoms with Crippen LogP contribution in [0.15, 0.2) is 92.2 Å². The number of aromatic nitrogens is 6. The number of nitrogens with zero attached hydrogens (tertiary/aromatic N) is 6. The number of hydrogen-bond donors (Lipinski definition) is 6. The summed E-state index contributed by atoms with van der Waals surface area (Å²) in [6.45, 7) is 0. The highest BCUT2D eigenvalue weighted by molar-refractivity contribution is 7.71. The lowest BCUT2D eigenvalue weighted by atomic mass is 10.3. The molecule has 0 fully saturated rings. The highest BCUT2D eigenvalue weighted by atomic mass is 35.5. The molecule has 0 amide bonds. The van der Waals surface area contributed by atoms with Gasteiger partial charge in [0.05, 0.1) is 11.1 Å². The summed E-state index contributed by atoms with van der Waals surface area (Å²) >= 11 is 5.30. The number of fused-ring (bicyclic) bond motifs is 3. The summed E-state index contributed by atoms with van der Waals surface area (Å²) < 4.78 is 27.3. The summed E-state index contributed by atoms with van der Waals surface area (Å²) in [5, 5.41) is 14.5. The van der Waals surface area contributed by atoms with E-state index in [-0.39, 0.29) is 5.56 Å². The van der Waals surface area contributed by atoms with Gasteiger partial charge in [-0.1, -0.05) is 0 Å². The van der Waals surface area contributed by atoms with Gasteiger partial charge in [0.1, 0.15) is 16.9 Å². The zero-order chi connectivity index (χ0) is 31.6. The van der Waals surface area contributed by atoms with E-state index in [9.17, 15) is 23.8 Å². The minimum atomic E-state index is -5.53. The molecule has 0 atom stereocenters. The van der Waals surface area contributed by atoms with Gasteiger partial charge < -0.3 is 43.0 Å². The summed E-state index contributed by atoms with van der Waals surface area (Å²) in [7, 11) is -11.1. The average molecular weight is 651 g/mol. The predicted molar refractivity (Wildman–Crippen MR) is 151 cm³/mol. The average Bonchev–Trinajstić information content (AvgIpc) is 3.71. The van der Waals surface area contributed by atoms with Gasteiger partial charge in [0.25, 0.3) is 10.3 Å². The van der Waals surface area contributed by atoms with E-state index < -0.39 is 37.0 Å². The lowest BCUT2D eigenvalue weighted by Crippen LogP contribution is -2.26. The Hall–Kier alpha value is -4.24. The SMILES string of the molecule is O=C(Cl)c1ccc2nccn2c1.O=C(O)c1ccc2nccn2c1.O=P(O)(O)C(O)(c1ccc2nccn2c1)P(=O)(O)O. The van der Waals surface area contributed by atoms with Gasteiger partial charge in [-0.05, 0) is 48.0 Å². The third kappa shape index (κ3) is 6.72. The maximum Gasteiger partial charge on any atom is 0.374 e. The molecule has 6 heterocycles. The molecule has 0 unspecified atom stereocenters. The van der Waals surface area contributed by atoms with Crippen molar-refractivity contribution in [2.75, 3.05) is 0 Å². The molecule has 0 saturated heterocycles. The Kier molecular flexibility index (Phi) is 8.97. The molecule has 224 valence electrons. The second-order valence-electron chi connectivity index (χ2n) is 8.63. The van der Waals surface area contributed by atoms with Gasteiger partial charge in [0.2, 0.25) is 0 Å². The molecule has 6 N–H and O–H groups in total. The lowest BCUT2D eigenvalue weighted by Gasteiger charge is -2.29. The molecule has 6 aromatic rings. The van der Waals surface area contributed by atoms with Crippen molar-refractivity contribution in [1.29, 1.82) is 0 Å². The Morgan fingerprint density at radius 1 is 0.674 bits per heavy atom. The quantitative estimate of drug-likeness (QED) is 0.116. The van der Waals surface area contributed by atoms with Crippen LogP contribution in [0.25, 0.3) is 16.9 Å². The first-order valence-electron chi connectivity index (χ1n) is 11.7. The minimum Gasteiger partial charge on any atom is -0.478 e. The Morgan fingerprint density at radius 2 is 1.07 bits per heavy atom. The van der Waals surface area contributed by atoms with E-state index in [2.05, 4.69) is 15.0 Å². The van der Waals surface area contributed by atoms with Gasteiger partial charge in [-0.25, -0.2) is 19.7 Å². The number of hydrogen-bond acceptors (Lipinski definition) is 8. The van der Waals surface area contributed by atoms with Crippen LogP contribution in [0.5, 0.6) is 0 Å². The largest absolute Gasteiger partial charge is 0.478 e. The zero-order valence-corrected chi connectivity index (χ0v) is 24.0. The lowest BCUT2D eigenvalue weighted by molar-refractivity contribution is 0.0696. The first kappa shape index (κ1) is 31.7. The van der Waals surface area contributed by atoms with Crippen LogP contribution in [0.2, 0.25) is 0 Å². The first-order valence-corrected chi connectivity index (χ1v) is 15.3. The van der Waals surface area contributed by atoms with E-state index in [0.29, 0.717) is 11.2 Å². The molecule has 16 nitrogen and oxygen atoms in total. The Labute approximate surface area is 245 Å². The van der Waals surface area contributed by atoms with Gasteiger partial charge in [-0.15, -0.1) is 0 Å². The molecule has 0 aliphatic rings. The molecule has 0 radical (unpaired) electrons. The first-order chi connectivity index (χ1) is 20.1. The van der Waals surface area contributed by atoms with Gasteiger partial charge in [0.15, 0.2) is 0 Å². The van der Waals surface area contributed by atoms with E-state index in [4.69, 9.17) is 36.3 Å². The summed E-state index contributed by atoms with van der Waals surface area (Å²) in [6.07, 6.45) is 13.7. The van der Waals surface area contributed by atoms with E-state index in [1.165, 1.54) is 35.1 Å². The number of imidazole rings is 3. The fourth-order valence-corrected chi connectivity index (χ4v) is 6.11. The monoisotopic (exact) mass is 650 g/mol. The van der Waals surface area contributed by atoms with Gasteiger partial charge in [-0.3, -0.25) is 13.9 Å². The standard InChI is InChI=1S/C8H5ClN2O.C8H10N2O7P2.C8H6N2O2/c9-8(12)6-1-2-7-10-3-4-11(7)5-6;11-8(18(12,13)14,19(15,16)17)6-1-2-7-9-3-4-10(7)5-6;11-8(12)6-1-2-7-9-3-4-10(7)5-6/h1-5H;1-5,11H,(H2,12,13,14)(H2,15,16,17);1-5H,(H,11,12). The topological polar surface area (TPSA) is 242 Å². The fraction of sp³-hybridized carbons (Fsp3) is 0.0417. The number of carboxylic acids is 1. The third-order valence-corrected chi connectivity index (χ3v) is 9.76. The van der Waals surface area contributed by atoms with Crippen LogP contribution in [0, 0.1) is 0 Å². The van der Waals surface area contributed by atoms with E-state index >= 15 is 0 Å². The second-order valence-corrected chi connectivity index (χ2v) is 12.8. The van der Waals surface area contributed by atoms with Gasteiger partial charge in [-0.2, -0.15) is 0 Å². The van der Waals surface area contributed by atoms with Crippen LogP contribution < -0.4 is 0 Å². The minimum absolute atomic E-state index is 0.264. The molecular formula is C24H21ClN6O10P2. The highest BCUT2D eigenvalue weighted by Gasteiger charge is 2.61.